The van der Waals surface area contributed by atoms with Gasteiger partial charge in [-0.25, -0.2) is 4.79 Å². The van der Waals surface area contributed by atoms with Gasteiger partial charge in [0.1, 0.15) is 0 Å². The van der Waals surface area contributed by atoms with E-state index >= 15 is 0 Å². The quantitative estimate of drug-likeness (QED) is 0.340. The first-order valence-corrected chi connectivity index (χ1v) is 4.20. The summed E-state index contributed by atoms with van der Waals surface area (Å²) in [6.45, 7) is 0.0890. The predicted octanol–water partition coefficient (Wildman–Crippen LogP) is 1.58. The highest BCUT2D eigenvalue weighted by Gasteiger charge is 2.07. The van der Waals surface area contributed by atoms with Crippen molar-refractivity contribution in [2.24, 2.45) is 0 Å². The first-order valence-electron chi connectivity index (χ1n) is 3.31. The maximum Gasteiger partial charge on any atom is 0.345 e. The summed E-state index contributed by atoms with van der Waals surface area (Å²) >= 11 is 8.08. The van der Waals surface area contributed by atoms with Crippen molar-refractivity contribution in [2.45, 2.75) is 9.79 Å². The molecule has 0 radical (unpaired) electrons. The maximum atomic E-state index is 11.0. The molecule has 0 atom stereocenters. The van der Waals surface area contributed by atoms with Gasteiger partial charge in [0, 0.05) is 9.79 Å². The molecule has 1 rings (SSSR count). The van der Waals surface area contributed by atoms with Gasteiger partial charge in [0.15, 0.2) is 0 Å². The molecule has 1 aromatic rings. The van der Waals surface area contributed by atoms with Crippen LogP contribution < -0.4 is 0 Å². The van der Waals surface area contributed by atoms with Gasteiger partial charge in [0.25, 0.3) is 0 Å². The standard InChI is InChI=1S/C8H6O3S2/c9-4-11-8(10)5-1-6(12)3-7(13)2-5/h1-4,12-13H. The Balaban J connectivity index is 3.00. The molecule has 5 heteroatoms. The third-order valence-corrected chi connectivity index (χ3v) is 1.81. The number of hydrogen-bond acceptors (Lipinski definition) is 5. The number of carbonyl (C=O) groups excluding carboxylic acids is 2. The molecule has 0 aliphatic rings. The molecule has 13 heavy (non-hydrogen) atoms. The van der Waals surface area contributed by atoms with Gasteiger partial charge in [-0.05, 0) is 18.2 Å². The third kappa shape index (κ3) is 2.78. The summed E-state index contributed by atoms with van der Waals surface area (Å²) in [7, 11) is 0. The van der Waals surface area contributed by atoms with Crippen molar-refractivity contribution in [3.05, 3.63) is 23.8 Å². The number of hydrogen-bond donors (Lipinski definition) is 2. The molecule has 0 saturated carbocycles. The Morgan fingerprint density at radius 1 is 1.23 bits per heavy atom. The largest absolute Gasteiger partial charge is 0.392 e. The van der Waals surface area contributed by atoms with E-state index in [0.717, 1.165) is 0 Å². The minimum absolute atomic E-state index is 0.0890. The number of ether oxygens (including phenoxy) is 1. The molecule has 0 amide bonds. The van der Waals surface area contributed by atoms with E-state index in [2.05, 4.69) is 30.0 Å². The molecule has 3 nitrogen and oxygen atoms in total. The van der Waals surface area contributed by atoms with Crippen LogP contribution in [0.3, 0.4) is 0 Å². The van der Waals surface area contributed by atoms with Crippen molar-refractivity contribution in [3.8, 4) is 0 Å². The summed E-state index contributed by atoms with van der Waals surface area (Å²) in [6, 6.07) is 4.66. The van der Waals surface area contributed by atoms with E-state index in [9.17, 15) is 9.59 Å². The van der Waals surface area contributed by atoms with Crippen molar-refractivity contribution < 1.29 is 14.3 Å². The topological polar surface area (TPSA) is 43.4 Å². The summed E-state index contributed by atoms with van der Waals surface area (Å²) in [5.74, 6) is -0.707. The number of esters is 1. The molecule has 0 bridgehead atoms. The summed E-state index contributed by atoms with van der Waals surface area (Å²) < 4.78 is 4.15. The third-order valence-electron chi connectivity index (χ3n) is 1.29. The average molecular weight is 214 g/mol. The van der Waals surface area contributed by atoms with Crippen molar-refractivity contribution in [1.82, 2.24) is 0 Å². The van der Waals surface area contributed by atoms with Gasteiger partial charge in [0.2, 0.25) is 0 Å². The zero-order valence-electron chi connectivity index (χ0n) is 6.43. The molecule has 0 unspecified atom stereocenters. The fourth-order valence-corrected chi connectivity index (χ4v) is 1.48. The van der Waals surface area contributed by atoms with Crippen LogP contribution in [0.25, 0.3) is 0 Å². The van der Waals surface area contributed by atoms with Crippen molar-refractivity contribution >= 4 is 37.7 Å². The molecule has 0 saturated heterocycles. The Labute approximate surface area is 85.9 Å². The van der Waals surface area contributed by atoms with Crippen LogP contribution in [-0.2, 0) is 9.53 Å². The van der Waals surface area contributed by atoms with Crippen LogP contribution in [0.15, 0.2) is 28.0 Å². The van der Waals surface area contributed by atoms with Crippen LogP contribution in [0, 0.1) is 0 Å². The zero-order valence-corrected chi connectivity index (χ0v) is 8.22. The maximum absolute atomic E-state index is 11.0. The summed E-state index contributed by atoms with van der Waals surface area (Å²) in [5.41, 5.74) is 0.254. The van der Waals surface area contributed by atoms with Gasteiger partial charge in [-0.1, -0.05) is 0 Å². The molecular weight excluding hydrogens is 208 g/mol. The molecule has 0 aliphatic heterocycles. The SMILES string of the molecule is O=COC(=O)c1cc(S)cc(S)c1. The van der Waals surface area contributed by atoms with Crippen molar-refractivity contribution in [3.63, 3.8) is 0 Å². The second kappa shape index (κ2) is 4.34. The zero-order chi connectivity index (χ0) is 9.84. The van der Waals surface area contributed by atoms with Crippen LogP contribution in [0.4, 0.5) is 0 Å². The lowest BCUT2D eigenvalue weighted by molar-refractivity contribution is -0.123. The van der Waals surface area contributed by atoms with Crippen LogP contribution >= 0.6 is 25.3 Å². The average Bonchev–Trinajstić information content (AvgIpc) is 2.03. The Morgan fingerprint density at radius 3 is 2.23 bits per heavy atom. The molecule has 0 aliphatic carbocycles. The fraction of sp³-hybridized carbons (Fsp3) is 0. The highest BCUT2D eigenvalue weighted by atomic mass is 32.1. The van der Waals surface area contributed by atoms with Gasteiger partial charge >= 0.3 is 12.4 Å². The summed E-state index contributed by atoms with van der Waals surface area (Å²) in [5, 5.41) is 0. The Bertz CT molecular complexity index is 329. The highest BCUT2D eigenvalue weighted by molar-refractivity contribution is 7.81. The minimum atomic E-state index is -0.707. The van der Waals surface area contributed by atoms with E-state index in [1.165, 1.54) is 12.1 Å². The fourth-order valence-electron chi connectivity index (χ4n) is 0.825. The number of benzene rings is 1. The normalized spacial score (nSPS) is 9.38. The monoisotopic (exact) mass is 214 g/mol. The molecule has 0 fully saturated rings. The molecule has 0 N–H and O–H groups in total. The lowest BCUT2D eigenvalue weighted by Gasteiger charge is -2.00. The van der Waals surface area contributed by atoms with E-state index in [0.29, 0.717) is 9.79 Å². The number of carbonyl (C=O) groups is 2. The minimum Gasteiger partial charge on any atom is -0.392 e. The first kappa shape index (κ1) is 10.1. The Morgan fingerprint density at radius 2 is 1.77 bits per heavy atom. The second-order valence-corrected chi connectivity index (χ2v) is 3.27. The Kier molecular flexibility index (Phi) is 3.39. The molecular formula is C8H6O3S2. The first-order chi connectivity index (χ1) is 6.13. The predicted molar refractivity (Wildman–Crippen MR) is 52.4 cm³/mol. The molecule has 68 valence electrons. The van der Waals surface area contributed by atoms with E-state index in [1.54, 1.807) is 6.07 Å². The van der Waals surface area contributed by atoms with Gasteiger partial charge in [0.05, 0.1) is 5.56 Å². The molecule has 0 spiro atoms. The van der Waals surface area contributed by atoms with Gasteiger partial charge in [-0.15, -0.1) is 25.3 Å². The lowest BCUT2D eigenvalue weighted by atomic mass is 10.2. The van der Waals surface area contributed by atoms with Crippen LogP contribution in [0.1, 0.15) is 10.4 Å². The summed E-state index contributed by atoms with van der Waals surface area (Å²) in [6.07, 6.45) is 0. The van der Waals surface area contributed by atoms with E-state index in [1.807, 2.05) is 0 Å². The Hall–Kier alpha value is -0.940. The smallest absolute Gasteiger partial charge is 0.345 e. The second-order valence-electron chi connectivity index (χ2n) is 2.24. The van der Waals surface area contributed by atoms with Crippen molar-refractivity contribution in [1.29, 1.82) is 0 Å². The van der Waals surface area contributed by atoms with Crippen molar-refractivity contribution in [2.75, 3.05) is 0 Å². The van der Waals surface area contributed by atoms with Crippen LogP contribution in [0.5, 0.6) is 0 Å². The van der Waals surface area contributed by atoms with E-state index < -0.39 is 5.97 Å². The number of rotatable bonds is 2. The van der Waals surface area contributed by atoms with E-state index in [4.69, 9.17) is 0 Å². The lowest BCUT2D eigenvalue weighted by Crippen LogP contribution is -2.03. The molecule has 1 aromatic carbocycles. The van der Waals surface area contributed by atoms with Gasteiger partial charge in [-0.3, -0.25) is 4.79 Å². The van der Waals surface area contributed by atoms with Crippen LogP contribution in [0.2, 0.25) is 0 Å². The highest BCUT2D eigenvalue weighted by Crippen LogP contribution is 2.16. The number of thiol groups is 2. The van der Waals surface area contributed by atoms with E-state index in [-0.39, 0.29) is 12.0 Å². The van der Waals surface area contributed by atoms with Gasteiger partial charge < -0.3 is 4.74 Å². The van der Waals surface area contributed by atoms with Crippen LogP contribution in [-0.4, -0.2) is 12.4 Å². The molecule has 0 heterocycles. The van der Waals surface area contributed by atoms with Gasteiger partial charge in [-0.2, -0.15) is 0 Å². The molecule has 0 aromatic heterocycles. The summed E-state index contributed by atoms with van der Waals surface area (Å²) in [4.78, 5) is 22.1.